The van der Waals surface area contributed by atoms with Crippen molar-refractivity contribution in [2.45, 2.75) is 5.41 Å². The standard InChI is InChI=1S/C61H38N2O/c1-2-14-39(15-3-1)42-30-37-56-49(38-42)47-35-36-53-59(48-18-4-7-19-50(48)61(53)51-20-8-12-24-57(51)64-58-25-13-9-21-52(58)61)60(47)63(56)44-33-28-41(29-34-44)40-26-31-43(32-27-40)62-54-22-10-5-16-45(54)46-17-6-11-23-55(46)62/h1-38H. The fourth-order valence-electron chi connectivity index (χ4n) is 11.3. The Morgan fingerprint density at radius 3 is 1.47 bits per heavy atom. The number of aromatic nitrogens is 2. The first kappa shape index (κ1) is 35.2. The average Bonchev–Trinajstić information content (AvgIpc) is 3.99. The summed E-state index contributed by atoms with van der Waals surface area (Å²) in [5.41, 5.74) is 18.7. The molecule has 298 valence electrons. The molecule has 10 aromatic carbocycles. The Bertz CT molecular complexity index is 3750. The zero-order chi connectivity index (χ0) is 41.9. The normalized spacial score (nSPS) is 13.2. The van der Waals surface area contributed by atoms with Crippen molar-refractivity contribution < 1.29 is 4.74 Å². The van der Waals surface area contributed by atoms with Crippen molar-refractivity contribution in [1.29, 1.82) is 0 Å². The van der Waals surface area contributed by atoms with Crippen molar-refractivity contribution in [2.24, 2.45) is 0 Å². The largest absolute Gasteiger partial charge is 0.457 e. The molecule has 3 nitrogen and oxygen atoms in total. The minimum Gasteiger partial charge on any atom is -0.457 e. The first-order valence-electron chi connectivity index (χ1n) is 22.1. The number of para-hydroxylation sites is 4. The summed E-state index contributed by atoms with van der Waals surface area (Å²) in [5.74, 6) is 1.80. The lowest BCUT2D eigenvalue weighted by atomic mass is 9.66. The van der Waals surface area contributed by atoms with Crippen LogP contribution in [0.4, 0.5) is 0 Å². The van der Waals surface area contributed by atoms with E-state index in [0.29, 0.717) is 0 Å². The molecule has 3 heteroatoms. The maximum atomic E-state index is 6.68. The molecule has 3 heterocycles. The van der Waals surface area contributed by atoms with Gasteiger partial charge in [-0.15, -0.1) is 0 Å². The molecule has 0 fully saturated rings. The van der Waals surface area contributed by atoms with Crippen molar-refractivity contribution >= 4 is 43.6 Å². The van der Waals surface area contributed by atoms with Gasteiger partial charge >= 0.3 is 0 Å². The number of rotatable bonds is 4. The second-order valence-electron chi connectivity index (χ2n) is 17.2. The van der Waals surface area contributed by atoms with Crippen molar-refractivity contribution in [3.63, 3.8) is 0 Å². The van der Waals surface area contributed by atoms with E-state index in [-0.39, 0.29) is 0 Å². The van der Waals surface area contributed by atoms with Gasteiger partial charge in [-0.3, -0.25) is 0 Å². The summed E-state index contributed by atoms with van der Waals surface area (Å²) in [5, 5.41) is 5.00. The number of fused-ring (bicyclic) bond motifs is 16. The van der Waals surface area contributed by atoms with E-state index in [0.717, 1.165) is 22.9 Å². The molecule has 1 aliphatic heterocycles. The van der Waals surface area contributed by atoms with Crippen LogP contribution in [0.25, 0.3) is 88.4 Å². The molecule has 0 N–H and O–H groups in total. The van der Waals surface area contributed by atoms with Crippen molar-refractivity contribution in [2.75, 3.05) is 0 Å². The van der Waals surface area contributed by atoms with Crippen LogP contribution in [0.15, 0.2) is 231 Å². The molecule has 64 heavy (non-hydrogen) atoms. The number of hydrogen-bond acceptors (Lipinski definition) is 1. The Labute approximate surface area is 370 Å². The van der Waals surface area contributed by atoms with Crippen LogP contribution in [0.5, 0.6) is 11.5 Å². The molecular formula is C61H38N2O. The van der Waals surface area contributed by atoms with Crippen LogP contribution in [0.3, 0.4) is 0 Å². The van der Waals surface area contributed by atoms with Crippen LogP contribution >= 0.6 is 0 Å². The fraction of sp³-hybridized carbons (Fsp3) is 0.0164. The van der Waals surface area contributed by atoms with Gasteiger partial charge in [-0.05, 0) is 99.6 Å². The van der Waals surface area contributed by atoms with Gasteiger partial charge in [0.15, 0.2) is 0 Å². The second-order valence-corrected chi connectivity index (χ2v) is 17.2. The number of nitrogens with zero attached hydrogens (tertiary/aromatic N) is 2. The Balaban J connectivity index is 0.978. The Hall–Kier alpha value is -8.40. The van der Waals surface area contributed by atoms with Gasteiger partial charge in [-0.25, -0.2) is 0 Å². The second kappa shape index (κ2) is 13.3. The summed E-state index contributed by atoms with van der Waals surface area (Å²) in [7, 11) is 0. The molecule has 0 saturated carbocycles. The highest BCUT2D eigenvalue weighted by atomic mass is 16.5. The van der Waals surface area contributed by atoms with Crippen LogP contribution in [-0.2, 0) is 5.41 Å². The lowest BCUT2D eigenvalue weighted by Crippen LogP contribution is -2.32. The van der Waals surface area contributed by atoms with E-state index in [1.165, 1.54) is 99.2 Å². The maximum absolute atomic E-state index is 6.68. The van der Waals surface area contributed by atoms with Gasteiger partial charge in [0, 0.05) is 49.6 Å². The summed E-state index contributed by atoms with van der Waals surface area (Å²) in [6.45, 7) is 0. The predicted molar refractivity (Wildman–Crippen MR) is 263 cm³/mol. The minimum absolute atomic E-state index is 0.558. The summed E-state index contributed by atoms with van der Waals surface area (Å²) in [4.78, 5) is 0. The molecule has 0 atom stereocenters. The summed E-state index contributed by atoms with van der Waals surface area (Å²) >= 11 is 0. The van der Waals surface area contributed by atoms with Crippen LogP contribution < -0.4 is 4.74 Å². The highest BCUT2D eigenvalue weighted by Crippen LogP contribution is 2.63. The first-order valence-corrected chi connectivity index (χ1v) is 22.1. The summed E-state index contributed by atoms with van der Waals surface area (Å²) in [6.07, 6.45) is 0. The fourth-order valence-corrected chi connectivity index (χ4v) is 11.3. The maximum Gasteiger partial charge on any atom is 0.132 e. The topological polar surface area (TPSA) is 19.1 Å². The molecule has 2 aromatic heterocycles. The molecule has 12 aromatic rings. The van der Waals surface area contributed by atoms with Crippen molar-refractivity contribution in [3.8, 4) is 56.3 Å². The smallest absolute Gasteiger partial charge is 0.132 e. The summed E-state index contributed by atoms with van der Waals surface area (Å²) < 4.78 is 11.6. The lowest BCUT2D eigenvalue weighted by molar-refractivity contribution is 0.436. The van der Waals surface area contributed by atoms with Crippen LogP contribution in [0.2, 0.25) is 0 Å². The zero-order valence-corrected chi connectivity index (χ0v) is 34.7. The van der Waals surface area contributed by atoms with E-state index in [4.69, 9.17) is 4.74 Å². The molecular weight excluding hydrogens is 777 g/mol. The summed E-state index contributed by atoms with van der Waals surface area (Å²) in [6, 6.07) is 84.3. The third-order valence-corrected chi connectivity index (χ3v) is 14.0. The van der Waals surface area contributed by atoms with Gasteiger partial charge < -0.3 is 13.9 Å². The van der Waals surface area contributed by atoms with Crippen LogP contribution in [0, 0.1) is 0 Å². The van der Waals surface area contributed by atoms with Gasteiger partial charge in [0.1, 0.15) is 11.5 Å². The van der Waals surface area contributed by atoms with Gasteiger partial charge in [-0.1, -0.05) is 170 Å². The molecule has 2 aliphatic rings. The quantitative estimate of drug-likeness (QED) is 0.173. The van der Waals surface area contributed by atoms with E-state index >= 15 is 0 Å². The van der Waals surface area contributed by atoms with Gasteiger partial charge in [0.2, 0.25) is 0 Å². The van der Waals surface area contributed by atoms with Crippen molar-refractivity contribution in [3.05, 3.63) is 253 Å². The van der Waals surface area contributed by atoms with E-state index in [1.807, 2.05) is 0 Å². The molecule has 0 bridgehead atoms. The monoisotopic (exact) mass is 814 g/mol. The minimum atomic E-state index is -0.558. The number of ether oxygens (including phenoxy) is 1. The first-order chi connectivity index (χ1) is 31.8. The lowest BCUT2D eigenvalue weighted by Gasteiger charge is -2.39. The third kappa shape index (κ3) is 4.76. The van der Waals surface area contributed by atoms with Crippen molar-refractivity contribution in [1.82, 2.24) is 9.13 Å². The molecule has 0 unspecified atom stereocenters. The molecule has 0 radical (unpaired) electrons. The van der Waals surface area contributed by atoms with Gasteiger partial charge in [0.25, 0.3) is 0 Å². The molecule has 0 saturated heterocycles. The van der Waals surface area contributed by atoms with E-state index in [1.54, 1.807) is 0 Å². The van der Waals surface area contributed by atoms with E-state index in [9.17, 15) is 0 Å². The zero-order valence-electron chi connectivity index (χ0n) is 34.7. The number of benzene rings is 10. The van der Waals surface area contributed by atoms with E-state index < -0.39 is 5.41 Å². The molecule has 14 rings (SSSR count). The predicted octanol–water partition coefficient (Wildman–Crippen LogP) is 15.7. The molecule has 0 amide bonds. The highest BCUT2D eigenvalue weighted by molar-refractivity contribution is 6.17. The van der Waals surface area contributed by atoms with Crippen LogP contribution in [-0.4, -0.2) is 9.13 Å². The van der Waals surface area contributed by atoms with Gasteiger partial charge in [-0.2, -0.15) is 0 Å². The Morgan fingerprint density at radius 1 is 0.312 bits per heavy atom. The third-order valence-electron chi connectivity index (χ3n) is 14.0. The molecule has 1 spiro atoms. The Kier molecular flexibility index (Phi) is 7.32. The van der Waals surface area contributed by atoms with Gasteiger partial charge in [0.05, 0.1) is 27.5 Å². The molecule has 1 aliphatic carbocycles. The average molecular weight is 815 g/mol. The SMILES string of the molecule is c1ccc(-c2ccc3c(c2)c2ccc4c(c2n3-c2ccc(-c3ccc(-n5c6ccccc6c6ccccc65)cc3)cc2)-c2ccccc2C42c3ccccc3Oc3ccccc32)cc1. The van der Waals surface area contributed by atoms with Crippen LogP contribution in [0.1, 0.15) is 22.3 Å². The highest BCUT2D eigenvalue weighted by Gasteiger charge is 2.51. The Morgan fingerprint density at radius 2 is 0.812 bits per heavy atom. The number of hydrogen-bond donors (Lipinski definition) is 0. The van der Waals surface area contributed by atoms with E-state index in [2.05, 4.69) is 240 Å².